The summed E-state index contributed by atoms with van der Waals surface area (Å²) in [6.45, 7) is 0.499. The monoisotopic (exact) mass is 376 g/mol. The van der Waals surface area contributed by atoms with Crippen LogP contribution in [0.1, 0.15) is 22.0 Å². The van der Waals surface area contributed by atoms with Crippen molar-refractivity contribution in [3.8, 4) is 5.75 Å². The van der Waals surface area contributed by atoms with Crippen molar-refractivity contribution in [3.05, 3.63) is 64.1 Å². The summed E-state index contributed by atoms with van der Waals surface area (Å²) in [5.74, 6) is 0.732. The fraction of sp³-hybridized carbons (Fsp3) is 0.278. The molecule has 0 aliphatic carbocycles. The van der Waals surface area contributed by atoms with Crippen molar-refractivity contribution in [2.24, 2.45) is 0 Å². The van der Waals surface area contributed by atoms with E-state index >= 15 is 0 Å². The number of carbonyl (C=O) groups is 1. The molecule has 0 saturated carbocycles. The van der Waals surface area contributed by atoms with Gasteiger partial charge in [-0.1, -0.05) is 40.2 Å². The maximum atomic E-state index is 12.3. The number of ether oxygens (including phenoxy) is 1. The zero-order valence-corrected chi connectivity index (χ0v) is 15.1. The van der Waals surface area contributed by atoms with Crippen molar-refractivity contribution >= 4 is 21.8 Å². The van der Waals surface area contributed by atoms with E-state index in [1.54, 1.807) is 13.2 Å². The standard InChI is InChI=1S/C18H21BrN2O2/c1-21(2)16(15-9-4-5-10-17(15)23-3)12-20-18(22)13-7-6-8-14(19)11-13/h4-11,16H,12H2,1-3H3,(H,20,22). The Morgan fingerprint density at radius 3 is 2.61 bits per heavy atom. The summed E-state index contributed by atoms with van der Waals surface area (Å²) in [6.07, 6.45) is 0. The Hall–Kier alpha value is -1.85. The third-order valence-corrected chi connectivity index (χ3v) is 4.16. The fourth-order valence-corrected chi connectivity index (χ4v) is 2.83. The van der Waals surface area contributed by atoms with Crippen LogP contribution in [0, 0.1) is 0 Å². The van der Waals surface area contributed by atoms with Crippen molar-refractivity contribution in [3.63, 3.8) is 0 Å². The Kier molecular flexibility index (Phi) is 6.19. The molecule has 0 fully saturated rings. The highest BCUT2D eigenvalue weighted by molar-refractivity contribution is 9.10. The summed E-state index contributed by atoms with van der Waals surface area (Å²) in [6, 6.07) is 15.3. The van der Waals surface area contributed by atoms with E-state index in [4.69, 9.17) is 4.74 Å². The molecule has 2 aromatic carbocycles. The molecule has 0 spiro atoms. The molecule has 4 nitrogen and oxygen atoms in total. The minimum Gasteiger partial charge on any atom is -0.496 e. The van der Waals surface area contributed by atoms with Crippen molar-refractivity contribution in [1.29, 1.82) is 0 Å². The minimum absolute atomic E-state index is 0.0299. The van der Waals surface area contributed by atoms with E-state index in [2.05, 4.69) is 26.1 Å². The number of methoxy groups -OCH3 is 1. The van der Waals surface area contributed by atoms with E-state index < -0.39 is 0 Å². The van der Waals surface area contributed by atoms with Gasteiger partial charge in [-0.15, -0.1) is 0 Å². The largest absolute Gasteiger partial charge is 0.496 e. The molecule has 0 heterocycles. The van der Waals surface area contributed by atoms with E-state index in [1.807, 2.05) is 56.6 Å². The number of para-hydroxylation sites is 1. The predicted octanol–water partition coefficient (Wildman–Crippen LogP) is 3.49. The van der Waals surface area contributed by atoms with Crippen LogP contribution in [0.4, 0.5) is 0 Å². The number of benzene rings is 2. The molecule has 1 N–H and O–H groups in total. The second-order valence-corrected chi connectivity index (χ2v) is 6.36. The molecular weight excluding hydrogens is 356 g/mol. The van der Waals surface area contributed by atoms with Gasteiger partial charge in [0.15, 0.2) is 0 Å². The summed E-state index contributed by atoms with van der Waals surface area (Å²) < 4.78 is 6.33. The van der Waals surface area contributed by atoms with Crippen LogP contribution in [0.3, 0.4) is 0 Å². The first-order valence-corrected chi connectivity index (χ1v) is 8.15. The number of halogens is 1. The molecule has 1 amide bonds. The number of amides is 1. The van der Waals surface area contributed by atoms with Crippen LogP contribution in [0.5, 0.6) is 5.75 Å². The predicted molar refractivity (Wildman–Crippen MR) is 95.9 cm³/mol. The van der Waals surface area contributed by atoms with E-state index in [0.29, 0.717) is 12.1 Å². The smallest absolute Gasteiger partial charge is 0.251 e. The fourth-order valence-electron chi connectivity index (χ4n) is 2.43. The molecule has 2 aromatic rings. The van der Waals surface area contributed by atoms with Crippen LogP contribution < -0.4 is 10.1 Å². The molecule has 1 unspecified atom stereocenters. The number of rotatable bonds is 6. The molecular formula is C18H21BrN2O2. The molecule has 5 heteroatoms. The highest BCUT2D eigenvalue weighted by Crippen LogP contribution is 2.27. The molecule has 0 radical (unpaired) electrons. The van der Waals surface area contributed by atoms with Gasteiger partial charge in [0.05, 0.1) is 13.2 Å². The second kappa shape index (κ2) is 8.13. The number of nitrogens with zero attached hydrogens (tertiary/aromatic N) is 1. The molecule has 1 atom stereocenters. The van der Waals surface area contributed by atoms with E-state index in [0.717, 1.165) is 15.8 Å². The van der Waals surface area contributed by atoms with E-state index in [9.17, 15) is 4.79 Å². The van der Waals surface area contributed by atoms with Gasteiger partial charge in [0.1, 0.15) is 5.75 Å². The summed E-state index contributed by atoms with van der Waals surface area (Å²) in [5, 5.41) is 3.00. The molecule has 2 rings (SSSR count). The van der Waals surface area contributed by atoms with Gasteiger partial charge in [0.2, 0.25) is 0 Å². The van der Waals surface area contributed by atoms with Gasteiger partial charge in [0, 0.05) is 22.1 Å². The maximum Gasteiger partial charge on any atom is 0.251 e. The van der Waals surface area contributed by atoms with E-state index in [-0.39, 0.29) is 11.9 Å². The molecule has 122 valence electrons. The summed E-state index contributed by atoms with van der Waals surface area (Å²) in [5.41, 5.74) is 1.69. The van der Waals surface area contributed by atoms with Crippen LogP contribution in [-0.4, -0.2) is 38.6 Å². The molecule has 0 aliphatic heterocycles. The average Bonchev–Trinajstić information content (AvgIpc) is 2.55. The summed E-state index contributed by atoms with van der Waals surface area (Å²) >= 11 is 3.38. The highest BCUT2D eigenvalue weighted by Gasteiger charge is 2.19. The van der Waals surface area contributed by atoms with Crippen molar-refractivity contribution in [1.82, 2.24) is 10.2 Å². The summed E-state index contributed by atoms with van der Waals surface area (Å²) in [4.78, 5) is 14.4. The van der Waals surface area contributed by atoms with Crippen LogP contribution in [0.15, 0.2) is 53.0 Å². The van der Waals surface area contributed by atoms with Gasteiger partial charge in [-0.05, 0) is 38.4 Å². The van der Waals surface area contributed by atoms with Gasteiger partial charge in [-0.3, -0.25) is 4.79 Å². The van der Waals surface area contributed by atoms with Crippen LogP contribution in [0.2, 0.25) is 0 Å². The third kappa shape index (κ3) is 4.56. The van der Waals surface area contributed by atoms with Crippen molar-refractivity contribution < 1.29 is 9.53 Å². The van der Waals surface area contributed by atoms with Gasteiger partial charge in [-0.2, -0.15) is 0 Å². The number of hydrogen-bond donors (Lipinski definition) is 1. The highest BCUT2D eigenvalue weighted by atomic mass is 79.9. The van der Waals surface area contributed by atoms with Crippen molar-refractivity contribution in [2.75, 3.05) is 27.7 Å². The van der Waals surface area contributed by atoms with E-state index in [1.165, 1.54) is 0 Å². The maximum absolute atomic E-state index is 12.3. The Labute approximate surface area is 145 Å². The lowest BCUT2D eigenvalue weighted by atomic mass is 10.0. The Bertz CT molecular complexity index is 674. The van der Waals surface area contributed by atoms with Gasteiger partial charge in [0.25, 0.3) is 5.91 Å². The minimum atomic E-state index is -0.0898. The molecule has 0 bridgehead atoms. The SMILES string of the molecule is COc1ccccc1C(CNC(=O)c1cccc(Br)c1)N(C)C. The first-order chi connectivity index (χ1) is 11.0. The average molecular weight is 377 g/mol. The lowest BCUT2D eigenvalue weighted by molar-refractivity contribution is 0.0941. The second-order valence-electron chi connectivity index (χ2n) is 5.44. The van der Waals surface area contributed by atoms with Crippen LogP contribution >= 0.6 is 15.9 Å². The lowest BCUT2D eigenvalue weighted by Gasteiger charge is -2.26. The normalized spacial score (nSPS) is 12.0. The third-order valence-electron chi connectivity index (χ3n) is 3.66. The lowest BCUT2D eigenvalue weighted by Crippen LogP contribution is -2.34. The Morgan fingerprint density at radius 1 is 1.22 bits per heavy atom. The zero-order valence-electron chi connectivity index (χ0n) is 13.5. The first-order valence-electron chi connectivity index (χ1n) is 7.36. The van der Waals surface area contributed by atoms with Gasteiger partial charge >= 0.3 is 0 Å². The number of likely N-dealkylation sites (N-methyl/N-ethyl adjacent to an activating group) is 1. The molecule has 0 aliphatic rings. The van der Waals surface area contributed by atoms with Gasteiger partial charge < -0.3 is 15.0 Å². The first kappa shape index (κ1) is 17.5. The Balaban J connectivity index is 2.13. The van der Waals surface area contributed by atoms with Gasteiger partial charge in [-0.25, -0.2) is 0 Å². The summed E-state index contributed by atoms with van der Waals surface area (Å²) in [7, 11) is 5.64. The number of hydrogen-bond acceptors (Lipinski definition) is 3. The molecule has 0 saturated heterocycles. The zero-order chi connectivity index (χ0) is 16.8. The molecule has 23 heavy (non-hydrogen) atoms. The molecule has 0 aromatic heterocycles. The Morgan fingerprint density at radius 2 is 1.96 bits per heavy atom. The number of carbonyl (C=O) groups excluding carboxylic acids is 1. The number of nitrogens with one attached hydrogen (secondary N) is 1. The quantitative estimate of drug-likeness (QED) is 0.838. The van der Waals surface area contributed by atoms with Crippen LogP contribution in [0.25, 0.3) is 0 Å². The van der Waals surface area contributed by atoms with Crippen LogP contribution in [-0.2, 0) is 0 Å². The topological polar surface area (TPSA) is 41.6 Å². The van der Waals surface area contributed by atoms with Crippen molar-refractivity contribution in [2.45, 2.75) is 6.04 Å².